The molecule has 2 saturated heterocycles. The van der Waals surface area contributed by atoms with E-state index < -0.39 is 11.7 Å². The number of nitrogens with zero attached hydrogens (tertiary/aromatic N) is 8. The molecule has 0 aliphatic carbocycles. The van der Waals surface area contributed by atoms with Crippen LogP contribution in [0.1, 0.15) is 45.2 Å². The van der Waals surface area contributed by atoms with E-state index in [1.54, 1.807) is 18.3 Å². The van der Waals surface area contributed by atoms with Crippen LogP contribution >= 0.6 is 0 Å². The molecule has 2 N–H and O–H groups in total. The van der Waals surface area contributed by atoms with Gasteiger partial charge in [0.25, 0.3) is 0 Å². The predicted molar refractivity (Wildman–Crippen MR) is 122 cm³/mol. The van der Waals surface area contributed by atoms with Gasteiger partial charge in [0.05, 0.1) is 29.7 Å². The van der Waals surface area contributed by atoms with Gasteiger partial charge in [0, 0.05) is 24.2 Å². The largest absolute Gasteiger partial charge is 0.507 e. The number of nitriles is 1. The average Bonchev–Trinajstić information content (AvgIpc) is 3.30. The van der Waals surface area contributed by atoms with E-state index in [1.165, 1.54) is 16.9 Å². The molecule has 0 radical (unpaired) electrons. The number of rotatable bonds is 4. The quantitative estimate of drug-likeness (QED) is 0.600. The van der Waals surface area contributed by atoms with Crippen LogP contribution in [0.3, 0.4) is 0 Å². The number of benzene rings is 1. The van der Waals surface area contributed by atoms with Crippen molar-refractivity contribution < 1.29 is 9.50 Å². The Kier molecular flexibility index (Phi) is 5.20. The van der Waals surface area contributed by atoms with Crippen LogP contribution in [0.5, 0.6) is 5.75 Å². The fraction of sp³-hybridized carbons (Fsp3) is 0.478. The number of piperidine rings is 2. The molecule has 0 unspecified atom stereocenters. The van der Waals surface area contributed by atoms with Crippen LogP contribution < -0.4 is 10.2 Å². The summed E-state index contributed by atoms with van der Waals surface area (Å²) in [5.41, 5.74) is 0.432. The molecule has 2 bridgehead atoms. The number of hydrogen-bond donors (Lipinski definition) is 2. The number of fused-ring (bicyclic) bond motifs is 2. The average molecular weight is 464 g/mol. The molecular weight excluding hydrogens is 437 g/mol. The third kappa shape index (κ3) is 3.74. The Hall–Kier alpha value is -3.65. The molecule has 3 aromatic rings. The van der Waals surface area contributed by atoms with E-state index in [4.69, 9.17) is 5.26 Å². The minimum Gasteiger partial charge on any atom is -0.507 e. The molecule has 2 fully saturated rings. The van der Waals surface area contributed by atoms with Crippen LogP contribution in [-0.4, -0.2) is 65.6 Å². The van der Waals surface area contributed by atoms with Crippen molar-refractivity contribution in [1.82, 2.24) is 35.5 Å². The number of phenols is 1. The van der Waals surface area contributed by atoms with Gasteiger partial charge in [-0.05, 0) is 51.7 Å². The van der Waals surface area contributed by atoms with Gasteiger partial charge in [-0.2, -0.15) is 5.26 Å². The van der Waals surface area contributed by atoms with Gasteiger partial charge < -0.3 is 15.3 Å². The zero-order chi connectivity index (χ0) is 24.1. The number of nitrogens with one attached hydrogen (secondary N) is 1. The summed E-state index contributed by atoms with van der Waals surface area (Å²) in [5, 5.41) is 39.1. The van der Waals surface area contributed by atoms with Gasteiger partial charge in [0.15, 0.2) is 17.3 Å². The summed E-state index contributed by atoms with van der Waals surface area (Å²) in [4.78, 5) is 6.22. The summed E-state index contributed by atoms with van der Waals surface area (Å²) in [7, 11) is 1.83. The molecular formula is C23H26FN9O. The van der Waals surface area contributed by atoms with E-state index in [9.17, 15) is 5.11 Å². The molecule has 176 valence electrons. The Labute approximate surface area is 196 Å². The molecule has 11 heteroatoms. The molecule has 10 nitrogen and oxygen atoms in total. The van der Waals surface area contributed by atoms with Crippen LogP contribution in [-0.2, 0) is 0 Å². The molecule has 2 aliphatic heterocycles. The van der Waals surface area contributed by atoms with Crippen molar-refractivity contribution in [3.05, 3.63) is 36.3 Å². The highest BCUT2D eigenvalue weighted by Crippen LogP contribution is 2.43. The number of hydrogen-bond acceptors (Lipinski definition) is 9. The van der Waals surface area contributed by atoms with E-state index in [0.717, 1.165) is 19.3 Å². The fourth-order valence-electron chi connectivity index (χ4n) is 5.36. The summed E-state index contributed by atoms with van der Waals surface area (Å²) in [6, 6.07) is 6.40. The Morgan fingerprint density at radius 1 is 1.26 bits per heavy atom. The minimum atomic E-state index is -1.05. The topological polar surface area (TPSA) is 129 Å². The highest BCUT2D eigenvalue weighted by molar-refractivity contribution is 5.66. The second-order valence-corrected chi connectivity index (χ2v) is 9.74. The van der Waals surface area contributed by atoms with E-state index in [0.29, 0.717) is 23.5 Å². The minimum absolute atomic E-state index is 0.0646. The van der Waals surface area contributed by atoms with Crippen molar-refractivity contribution in [2.75, 3.05) is 11.9 Å². The van der Waals surface area contributed by atoms with Crippen LogP contribution in [0.2, 0.25) is 0 Å². The van der Waals surface area contributed by atoms with Crippen molar-refractivity contribution >= 4 is 5.82 Å². The van der Waals surface area contributed by atoms with Crippen molar-refractivity contribution in [3.63, 3.8) is 0 Å². The Bertz CT molecular complexity index is 1260. The zero-order valence-electron chi connectivity index (χ0n) is 19.3. The van der Waals surface area contributed by atoms with Crippen molar-refractivity contribution in [1.29, 1.82) is 5.26 Å². The molecule has 5 rings (SSSR count). The van der Waals surface area contributed by atoms with Crippen LogP contribution in [0.15, 0.2) is 30.6 Å². The van der Waals surface area contributed by atoms with Crippen LogP contribution in [0.25, 0.3) is 17.1 Å². The Balaban J connectivity index is 1.37. The highest BCUT2D eigenvalue weighted by atomic mass is 19.1. The monoisotopic (exact) mass is 463 g/mol. The second-order valence-electron chi connectivity index (χ2n) is 9.74. The third-order valence-electron chi connectivity index (χ3n) is 7.12. The van der Waals surface area contributed by atoms with Crippen molar-refractivity contribution in [3.8, 4) is 28.9 Å². The van der Waals surface area contributed by atoms with Gasteiger partial charge in [0.1, 0.15) is 18.0 Å². The number of aromatic nitrogens is 6. The van der Waals surface area contributed by atoms with E-state index in [-0.39, 0.29) is 28.8 Å². The van der Waals surface area contributed by atoms with E-state index >= 15 is 4.39 Å². The second kappa shape index (κ2) is 7.99. The molecule has 4 atom stereocenters. The van der Waals surface area contributed by atoms with Crippen molar-refractivity contribution in [2.24, 2.45) is 0 Å². The van der Waals surface area contributed by atoms with Crippen LogP contribution in [0.4, 0.5) is 10.2 Å². The fourth-order valence-corrected chi connectivity index (χ4v) is 5.36. The summed E-state index contributed by atoms with van der Waals surface area (Å²) < 4.78 is 17.0. The Morgan fingerprint density at radius 2 is 2.09 bits per heavy atom. The first-order valence-corrected chi connectivity index (χ1v) is 11.2. The highest BCUT2D eigenvalue weighted by Gasteiger charge is 2.53. The lowest BCUT2D eigenvalue weighted by Crippen LogP contribution is -2.72. The lowest BCUT2D eigenvalue weighted by Gasteiger charge is -2.56. The number of alkyl halides is 1. The molecule has 0 amide bonds. The first-order valence-electron chi connectivity index (χ1n) is 11.2. The van der Waals surface area contributed by atoms with E-state index in [1.807, 2.05) is 24.9 Å². The number of aromatic hydroxyl groups is 1. The summed E-state index contributed by atoms with van der Waals surface area (Å²) in [5.74, 6) is 0.659. The van der Waals surface area contributed by atoms with Gasteiger partial charge in [-0.1, -0.05) is 5.21 Å². The molecule has 0 spiro atoms. The van der Waals surface area contributed by atoms with Gasteiger partial charge in [-0.15, -0.1) is 15.3 Å². The van der Waals surface area contributed by atoms with E-state index in [2.05, 4.69) is 37.7 Å². The predicted octanol–water partition coefficient (Wildman–Crippen LogP) is 2.53. The smallest absolute Gasteiger partial charge is 0.185 e. The van der Waals surface area contributed by atoms with Gasteiger partial charge in [-0.3, -0.25) is 0 Å². The summed E-state index contributed by atoms with van der Waals surface area (Å²) in [6.07, 6.45) is 5.48. The maximum Gasteiger partial charge on any atom is 0.185 e. The number of anilines is 1. The maximum atomic E-state index is 15.6. The molecule has 0 saturated carbocycles. The molecule has 2 aromatic heterocycles. The third-order valence-corrected chi connectivity index (χ3v) is 7.12. The summed E-state index contributed by atoms with van der Waals surface area (Å²) >= 11 is 0. The molecule has 1 aromatic carbocycles. The first-order chi connectivity index (χ1) is 16.2. The van der Waals surface area contributed by atoms with Crippen molar-refractivity contribution in [2.45, 2.75) is 62.8 Å². The van der Waals surface area contributed by atoms with Gasteiger partial charge >= 0.3 is 0 Å². The number of phenolic OH excluding ortho intramolecular Hbond substituents is 1. The lowest BCUT2D eigenvalue weighted by molar-refractivity contribution is 0.00193. The summed E-state index contributed by atoms with van der Waals surface area (Å²) in [6.45, 7) is 4.13. The van der Waals surface area contributed by atoms with Gasteiger partial charge in [0.2, 0.25) is 0 Å². The molecule has 2 aliphatic rings. The first kappa shape index (κ1) is 22.2. The SMILES string of the molecule is CN(c1cnc(-c2ccc(-n3cc(C#N)nn3)cc2O)nn1)[C@H]1C[C@]2(C)CCC[C@@](C)(N2)[C@H]1F. The maximum absolute atomic E-state index is 15.6. The normalized spacial score (nSPS) is 28.3. The lowest BCUT2D eigenvalue weighted by atomic mass is 9.68. The number of halogens is 1. The molecule has 4 heterocycles. The van der Waals surface area contributed by atoms with Gasteiger partial charge in [-0.25, -0.2) is 14.1 Å². The van der Waals surface area contributed by atoms with Crippen LogP contribution in [0, 0.1) is 11.3 Å². The Morgan fingerprint density at radius 3 is 2.76 bits per heavy atom. The zero-order valence-corrected chi connectivity index (χ0v) is 19.3. The molecule has 34 heavy (non-hydrogen) atoms. The standard InChI is InChI=1S/C23H26FN9O/c1-22-7-4-8-23(2,30-22)20(24)17(10-22)32(3)19-12-26-21(29-28-19)16-6-5-15(9-18(16)34)33-13-14(11-25)27-31-33/h5-6,9,12-13,17,20,30,34H,4,7-8,10H2,1-3H3/t17-,20-,22-,23+/m0/s1.